The van der Waals surface area contributed by atoms with E-state index in [1.54, 1.807) is 18.5 Å². The third kappa shape index (κ3) is 8.92. The number of nitrogens with zero attached hydrogens (tertiary/aromatic N) is 2. The summed E-state index contributed by atoms with van der Waals surface area (Å²) in [5.41, 5.74) is 7.62. The van der Waals surface area contributed by atoms with E-state index in [-0.39, 0.29) is 20.1 Å². The van der Waals surface area contributed by atoms with Gasteiger partial charge in [0.1, 0.15) is 0 Å². The molecule has 6 rings (SSSR count). The maximum Gasteiger partial charge on any atom is 0.0321 e. The number of benzene rings is 4. The van der Waals surface area contributed by atoms with Gasteiger partial charge in [0.25, 0.3) is 0 Å². The van der Waals surface area contributed by atoms with Crippen LogP contribution >= 0.6 is 0 Å². The quantitative estimate of drug-likeness (QED) is 0.158. The van der Waals surface area contributed by atoms with Crippen LogP contribution in [0.5, 0.6) is 0 Å². The van der Waals surface area contributed by atoms with Gasteiger partial charge in [-0.3, -0.25) is 0 Å². The Morgan fingerprint density at radius 2 is 1.43 bits per heavy atom. The van der Waals surface area contributed by atoms with Crippen LogP contribution in [-0.2, 0) is 26.5 Å². The molecule has 0 amide bonds. The predicted octanol–water partition coefficient (Wildman–Crippen LogP) is 10.5. The fourth-order valence-corrected chi connectivity index (χ4v) is 4.80. The van der Waals surface area contributed by atoms with Crippen LogP contribution < -0.4 is 0 Å². The molecular weight excluding hydrogens is 713 g/mol. The van der Waals surface area contributed by atoms with Gasteiger partial charge in [-0.1, -0.05) is 123 Å². The van der Waals surface area contributed by atoms with Crippen molar-refractivity contribution in [2.75, 3.05) is 0 Å². The second kappa shape index (κ2) is 15.5. The summed E-state index contributed by atoms with van der Waals surface area (Å²) in [6.45, 7) is 7.65. The second-order valence-corrected chi connectivity index (χ2v) is 11.3. The van der Waals surface area contributed by atoms with Crippen LogP contribution in [0.4, 0.5) is 0 Å². The van der Waals surface area contributed by atoms with Crippen LogP contribution in [0, 0.1) is 17.5 Å². The average molecular weight is 754 g/mol. The summed E-state index contributed by atoms with van der Waals surface area (Å²) in [7, 11) is 0. The van der Waals surface area contributed by atoms with Crippen molar-refractivity contribution in [2.24, 2.45) is 5.41 Å². The van der Waals surface area contributed by atoms with Gasteiger partial charge in [0.15, 0.2) is 0 Å². The normalized spacial score (nSPS) is 13.5. The SMILES string of the molecule is [2H]C(C)(c1ccccc1)c1ccc[c-]c1-c1ccccn1.[2H]C([2H])(c1ccnc(-c2[c-]cc(-c3ccccc3)cc2)c1)C(C)(C)C.[Ir]. The molecule has 2 heterocycles. The smallest absolute Gasteiger partial charge is 0.0321 e. The summed E-state index contributed by atoms with van der Waals surface area (Å²) in [6, 6.07) is 47.8. The summed E-state index contributed by atoms with van der Waals surface area (Å²) in [5.74, 6) is -0.841. The van der Waals surface area contributed by atoms with E-state index in [1.807, 2.05) is 137 Å². The minimum absolute atomic E-state index is 0. The Kier molecular flexibility index (Phi) is 10.1. The first-order valence-corrected chi connectivity index (χ1v) is 14.5. The van der Waals surface area contributed by atoms with E-state index in [0.717, 1.165) is 44.8 Å². The van der Waals surface area contributed by atoms with Crippen molar-refractivity contribution in [3.8, 4) is 33.6 Å². The number of pyridine rings is 2. The fraction of sp³-hybridized carbons (Fsp3) is 0.171. The van der Waals surface area contributed by atoms with E-state index in [9.17, 15) is 0 Å². The topological polar surface area (TPSA) is 25.8 Å². The molecule has 1 radical (unpaired) electrons. The third-order valence-corrected chi connectivity index (χ3v) is 6.86. The molecule has 6 aromatic rings. The van der Waals surface area contributed by atoms with Gasteiger partial charge in [-0.25, -0.2) is 0 Å². The Labute approximate surface area is 280 Å². The van der Waals surface area contributed by atoms with Crippen LogP contribution in [-0.4, -0.2) is 9.97 Å². The van der Waals surface area contributed by atoms with Crippen molar-refractivity contribution >= 4 is 0 Å². The Hall–Kier alpha value is -4.17. The number of rotatable bonds is 6. The molecule has 0 aliphatic carbocycles. The molecule has 223 valence electrons. The van der Waals surface area contributed by atoms with Crippen LogP contribution in [0.2, 0.25) is 0 Å². The molecule has 0 saturated heterocycles. The Morgan fingerprint density at radius 3 is 2.09 bits per heavy atom. The van der Waals surface area contributed by atoms with Gasteiger partial charge in [0.05, 0.1) is 0 Å². The monoisotopic (exact) mass is 754 g/mol. The Bertz CT molecular complexity index is 1850. The van der Waals surface area contributed by atoms with Crippen molar-refractivity contribution in [1.82, 2.24) is 9.97 Å². The molecule has 4 aromatic carbocycles. The zero-order valence-corrected chi connectivity index (χ0v) is 27.9. The van der Waals surface area contributed by atoms with Crippen molar-refractivity contribution in [1.29, 1.82) is 0 Å². The van der Waals surface area contributed by atoms with E-state index in [1.165, 1.54) is 0 Å². The molecule has 0 spiro atoms. The number of aromatic nitrogens is 2. The minimum Gasteiger partial charge on any atom is -0.305 e. The summed E-state index contributed by atoms with van der Waals surface area (Å²) in [6.07, 6.45) is 2.01. The average Bonchev–Trinajstić information content (AvgIpc) is 3.09. The van der Waals surface area contributed by atoms with Gasteiger partial charge in [0.2, 0.25) is 0 Å². The second-order valence-electron chi connectivity index (χ2n) is 11.3. The zero-order chi connectivity index (χ0) is 32.8. The van der Waals surface area contributed by atoms with Gasteiger partial charge in [-0.2, -0.15) is 0 Å². The molecule has 3 heteroatoms. The van der Waals surface area contributed by atoms with Gasteiger partial charge in [-0.05, 0) is 46.8 Å². The van der Waals surface area contributed by atoms with Gasteiger partial charge in [-0.15, -0.1) is 65.2 Å². The number of hydrogen-bond acceptors (Lipinski definition) is 2. The number of hydrogen-bond donors (Lipinski definition) is 0. The molecule has 44 heavy (non-hydrogen) atoms. The summed E-state index contributed by atoms with van der Waals surface area (Å²) in [4.78, 5) is 8.81. The summed E-state index contributed by atoms with van der Waals surface area (Å²) < 4.78 is 25.8. The molecule has 2 aromatic heterocycles. The van der Waals surface area contributed by atoms with Gasteiger partial charge < -0.3 is 9.97 Å². The molecular formula is C41H38IrN2-2. The van der Waals surface area contributed by atoms with Crippen LogP contribution in [0.25, 0.3) is 33.6 Å². The molecule has 0 bridgehead atoms. The van der Waals surface area contributed by atoms with E-state index in [2.05, 4.69) is 34.2 Å². The summed E-state index contributed by atoms with van der Waals surface area (Å²) in [5, 5.41) is 0. The van der Waals surface area contributed by atoms with Crippen LogP contribution in [0.1, 0.15) is 54.4 Å². The standard InChI is InChI=1S/C22H22N.C19H16N.Ir/c1-22(2,3)16-17-13-14-23-21(15-17)20-11-9-19(10-12-20)18-7-5-4-6-8-18;1-15(16-9-3-2-4-10-16)17-11-5-6-12-18(17)19-13-7-8-14-20-19;/h4-11,13-15H,16H2,1-3H3;2-11,13-15H,1H3;/q2*-1;/i16D2;15D;. The van der Waals surface area contributed by atoms with E-state index in [4.69, 9.17) is 4.11 Å². The largest absolute Gasteiger partial charge is 0.305 e. The molecule has 0 aliphatic rings. The first kappa shape index (κ1) is 28.6. The van der Waals surface area contributed by atoms with E-state index < -0.39 is 17.7 Å². The summed E-state index contributed by atoms with van der Waals surface area (Å²) >= 11 is 0. The third-order valence-electron chi connectivity index (χ3n) is 6.86. The van der Waals surface area contributed by atoms with E-state index >= 15 is 0 Å². The van der Waals surface area contributed by atoms with Crippen LogP contribution in [0.15, 0.2) is 140 Å². The van der Waals surface area contributed by atoms with Gasteiger partial charge >= 0.3 is 0 Å². The molecule has 2 nitrogen and oxygen atoms in total. The molecule has 0 aliphatic heterocycles. The maximum absolute atomic E-state index is 8.85. The van der Waals surface area contributed by atoms with Crippen LogP contribution in [0.3, 0.4) is 0 Å². The first-order chi connectivity index (χ1) is 22.0. The van der Waals surface area contributed by atoms with E-state index in [0.29, 0.717) is 5.56 Å². The van der Waals surface area contributed by atoms with Crippen molar-refractivity contribution < 1.29 is 24.2 Å². The predicted molar refractivity (Wildman–Crippen MR) is 180 cm³/mol. The molecule has 0 N–H and O–H groups in total. The molecule has 0 fully saturated rings. The molecule has 1 unspecified atom stereocenters. The Morgan fingerprint density at radius 1 is 0.727 bits per heavy atom. The Balaban J connectivity index is 0.000000211. The van der Waals surface area contributed by atoms with Gasteiger partial charge in [0, 0.05) is 36.6 Å². The van der Waals surface area contributed by atoms with Crippen molar-refractivity contribution in [2.45, 2.75) is 40.0 Å². The molecule has 0 saturated carbocycles. The minimum atomic E-state index is -1.44. The fourth-order valence-electron chi connectivity index (χ4n) is 4.80. The zero-order valence-electron chi connectivity index (χ0n) is 28.5. The first-order valence-electron chi connectivity index (χ1n) is 16.0. The maximum atomic E-state index is 8.85. The van der Waals surface area contributed by atoms with Crippen molar-refractivity contribution in [3.63, 3.8) is 0 Å². The molecule has 1 atom stereocenters. The van der Waals surface area contributed by atoms with Crippen molar-refractivity contribution in [3.05, 3.63) is 169 Å².